The molecule has 174 valence electrons. The molecule has 0 atom stereocenters. The van der Waals surface area contributed by atoms with E-state index < -0.39 is 0 Å². The van der Waals surface area contributed by atoms with Crippen molar-refractivity contribution in [3.8, 4) is 17.2 Å². The summed E-state index contributed by atoms with van der Waals surface area (Å²) in [6.45, 7) is 5.75. The van der Waals surface area contributed by atoms with E-state index in [-0.39, 0.29) is 5.91 Å². The fraction of sp³-hybridized carbons (Fsp3) is 0.444. The molecule has 0 unspecified atom stereocenters. The van der Waals surface area contributed by atoms with Crippen LogP contribution >= 0.6 is 0 Å². The molecule has 0 spiro atoms. The van der Waals surface area contributed by atoms with Gasteiger partial charge >= 0.3 is 0 Å². The normalized spacial score (nSPS) is 10.8. The van der Waals surface area contributed by atoms with Crippen LogP contribution in [0.4, 0.5) is 5.69 Å². The third-order valence-electron chi connectivity index (χ3n) is 5.01. The van der Waals surface area contributed by atoms with Gasteiger partial charge in [0, 0.05) is 11.8 Å². The van der Waals surface area contributed by atoms with E-state index in [1.54, 1.807) is 13.2 Å². The Bertz CT molecular complexity index is 830. The Hall–Kier alpha value is -2.95. The van der Waals surface area contributed by atoms with E-state index in [2.05, 4.69) is 19.2 Å². The Morgan fingerprint density at radius 1 is 0.844 bits per heavy atom. The first-order valence-corrected chi connectivity index (χ1v) is 11.7. The predicted molar refractivity (Wildman–Crippen MR) is 132 cm³/mol. The van der Waals surface area contributed by atoms with Crippen LogP contribution in [0.2, 0.25) is 0 Å². The Morgan fingerprint density at radius 2 is 1.53 bits per heavy atom. The van der Waals surface area contributed by atoms with Crippen molar-refractivity contribution in [1.82, 2.24) is 0 Å². The first-order chi connectivity index (χ1) is 15.7. The second kappa shape index (κ2) is 15.0. The summed E-state index contributed by atoms with van der Waals surface area (Å²) in [5.74, 6) is 2.01. The smallest absolute Gasteiger partial charge is 0.248 e. The summed E-state index contributed by atoms with van der Waals surface area (Å²) in [6.07, 6.45) is 11.3. The molecule has 2 aromatic rings. The zero-order valence-corrected chi connectivity index (χ0v) is 19.7. The zero-order chi connectivity index (χ0) is 23.0. The number of hydrogen-bond donors (Lipinski definition) is 1. The van der Waals surface area contributed by atoms with Crippen molar-refractivity contribution < 1.29 is 19.0 Å². The maximum absolute atomic E-state index is 12.3. The number of ether oxygens (including phenoxy) is 3. The van der Waals surface area contributed by atoms with Crippen LogP contribution in [0.15, 0.2) is 48.5 Å². The molecule has 0 saturated carbocycles. The van der Waals surface area contributed by atoms with Crippen molar-refractivity contribution in [2.75, 3.05) is 25.6 Å². The minimum atomic E-state index is -0.197. The van der Waals surface area contributed by atoms with Crippen LogP contribution in [0.3, 0.4) is 0 Å². The monoisotopic (exact) mass is 439 g/mol. The summed E-state index contributed by atoms with van der Waals surface area (Å²) in [4.78, 5) is 12.3. The number of nitrogens with one attached hydrogen (secondary N) is 1. The summed E-state index contributed by atoms with van der Waals surface area (Å²) in [5, 5.41) is 2.86. The number of carbonyl (C=O) groups is 1. The maximum Gasteiger partial charge on any atom is 0.248 e. The van der Waals surface area contributed by atoms with Gasteiger partial charge in [-0.05, 0) is 60.9 Å². The molecular formula is C27H37NO4. The minimum absolute atomic E-state index is 0.197. The van der Waals surface area contributed by atoms with E-state index in [0.717, 1.165) is 35.6 Å². The van der Waals surface area contributed by atoms with Gasteiger partial charge < -0.3 is 19.5 Å². The Balaban J connectivity index is 1.84. The molecule has 2 rings (SSSR count). The highest BCUT2D eigenvalue weighted by Gasteiger charge is 2.05. The molecular weight excluding hydrogens is 402 g/mol. The minimum Gasteiger partial charge on any atom is -0.494 e. The first-order valence-electron chi connectivity index (χ1n) is 11.7. The Labute approximate surface area is 192 Å². The molecule has 0 heterocycles. The van der Waals surface area contributed by atoms with Gasteiger partial charge in [0.1, 0.15) is 5.75 Å². The van der Waals surface area contributed by atoms with Crippen molar-refractivity contribution in [1.29, 1.82) is 0 Å². The number of unbranched alkanes of at least 4 members (excludes halogenated alkanes) is 5. The van der Waals surface area contributed by atoms with Gasteiger partial charge in [0.2, 0.25) is 5.91 Å². The second-order valence-corrected chi connectivity index (χ2v) is 7.72. The lowest BCUT2D eigenvalue weighted by atomic mass is 10.2. The maximum atomic E-state index is 12.3. The third kappa shape index (κ3) is 9.46. The summed E-state index contributed by atoms with van der Waals surface area (Å²) in [6, 6.07) is 13.1. The number of anilines is 1. The average molecular weight is 440 g/mol. The summed E-state index contributed by atoms with van der Waals surface area (Å²) in [5.41, 5.74) is 1.59. The predicted octanol–water partition coefficient (Wildman–Crippen LogP) is 6.88. The summed E-state index contributed by atoms with van der Waals surface area (Å²) in [7, 11) is 1.62. The van der Waals surface area contributed by atoms with Gasteiger partial charge in [-0.15, -0.1) is 0 Å². The Morgan fingerprint density at radius 3 is 2.25 bits per heavy atom. The molecule has 0 bridgehead atoms. The molecule has 0 saturated heterocycles. The molecule has 1 N–H and O–H groups in total. The van der Waals surface area contributed by atoms with Crippen LogP contribution in [-0.2, 0) is 4.79 Å². The molecule has 32 heavy (non-hydrogen) atoms. The third-order valence-corrected chi connectivity index (χ3v) is 5.01. The molecule has 0 fully saturated rings. The van der Waals surface area contributed by atoms with Crippen molar-refractivity contribution >= 4 is 17.7 Å². The molecule has 0 radical (unpaired) electrons. The standard InChI is InChI=1S/C27H37NO4/c1-4-6-8-10-20-32-25-17-11-22(21-26(25)30-3)12-18-27(29)28-23-13-15-24(16-14-23)31-19-9-7-5-2/h11-18,21H,4-10,19-20H2,1-3H3,(H,28,29)/b18-12+. The molecule has 1 amide bonds. The lowest BCUT2D eigenvalue weighted by molar-refractivity contribution is -0.111. The highest BCUT2D eigenvalue weighted by atomic mass is 16.5. The average Bonchev–Trinajstić information content (AvgIpc) is 2.82. The fourth-order valence-corrected chi connectivity index (χ4v) is 3.15. The van der Waals surface area contributed by atoms with Crippen LogP contribution in [-0.4, -0.2) is 26.2 Å². The fourth-order valence-electron chi connectivity index (χ4n) is 3.15. The van der Waals surface area contributed by atoms with E-state index in [1.807, 2.05) is 42.5 Å². The van der Waals surface area contributed by atoms with E-state index in [4.69, 9.17) is 14.2 Å². The number of methoxy groups -OCH3 is 1. The molecule has 2 aromatic carbocycles. The van der Waals surface area contributed by atoms with Crippen LogP contribution in [0, 0.1) is 0 Å². The largest absolute Gasteiger partial charge is 0.494 e. The van der Waals surface area contributed by atoms with Gasteiger partial charge in [-0.2, -0.15) is 0 Å². The van der Waals surface area contributed by atoms with Gasteiger partial charge in [-0.1, -0.05) is 52.0 Å². The zero-order valence-electron chi connectivity index (χ0n) is 19.7. The SMILES string of the molecule is CCCCCCOc1ccc(/C=C/C(=O)Nc2ccc(OCCCCC)cc2)cc1OC. The van der Waals surface area contributed by atoms with E-state index >= 15 is 0 Å². The molecule has 0 aliphatic rings. The summed E-state index contributed by atoms with van der Waals surface area (Å²) < 4.78 is 17.0. The van der Waals surface area contributed by atoms with E-state index in [9.17, 15) is 4.79 Å². The van der Waals surface area contributed by atoms with Crippen LogP contribution in [0.1, 0.15) is 64.4 Å². The number of benzene rings is 2. The number of carbonyl (C=O) groups excluding carboxylic acids is 1. The van der Waals surface area contributed by atoms with Crippen molar-refractivity contribution in [2.24, 2.45) is 0 Å². The lowest BCUT2D eigenvalue weighted by Gasteiger charge is -2.11. The summed E-state index contributed by atoms with van der Waals surface area (Å²) >= 11 is 0. The molecule has 5 nitrogen and oxygen atoms in total. The van der Waals surface area contributed by atoms with Crippen molar-refractivity contribution in [3.63, 3.8) is 0 Å². The van der Waals surface area contributed by atoms with Crippen LogP contribution in [0.25, 0.3) is 6.08 Å². The van der Waals surface area contributed by atoms with Crippen molar-refractivity contribution in [2.45, 2.75) is 58.8 Å². The molecule has 0 aromatic heterocycles. The van der Waals surface area contributed by atoms with E-state index in [0.29, 0.717) is 19.0 Å². The molecule has 0 aliphatic heterocycles. The highest BCUT2D eigenvalue weighted by Crippen LogP contribution is 2.29. The van der Waals surface area contributed by atoms with Gasteiger partial charge in [0.25, 0.3) is 0 Å². The lowest BCUT2D eigenvalue weighted by Crippen LogP contribution is -2.07. The van der Waals surface area contributed by atoms with Gasteiger partial charge in [0.15, 0.2) is 11.5 Å². The van der Waals surface area contributed by atoms with E-state index in [1.165, 1.54) is 38.2 Å². The van der Waals surface area contributed by atoms with Crippen LogP contribution in [0.5, 0.6) is 17.2 Å². The number of rotatable bonds is 15. The molecule has 5 heteroatoms. The highest BCUT2D eigenvalue weighted by molar-refractivity contribution is 6.01. The molecule has 0 aliphatic carbocycles. The van der Waals surface area contributed by atoms with Gasteiger partial charge in [-0.3, -0.25) is 4.79 Å². The quantitative estimate of drug-likeness (QED) is 0.243. The Kier molecular flexibility index (Phi) is 11.8. The van der Waals surface area contributed by atoms with Gasteiger partial charge in [-0.25, -0.2) is 0 Å². The first kappa shape index (κ1) is 25.3. The topological polar surface area (TPSA) is 56.8 Å². The second-order valence-electron chi connectivity index (χ2n) is 7.72. The number of amides is 1. The van der Waals surface area contributed by atoms with Gasteiger partial charge in [0.05, 0.1) is 20.3 Å². The number of hydrogen-bond acceptors (Lipinski definition) is 4. The van der Waals surface area contributed by atoms with Crippen LogP contribution < -0.4 is 19.5 Å². The van der Waals surface area contributed by atoms with Crippen molar-refractivity contribution in [3.05, 3.63) is 54.1 Å².